The molecule has 50 valence electrons. The molecule has 2 aromatic heterocycles. The van der Waals surface area contributed by atoms with Gasteiger partial charge < -0.3 is 0 Å². The van der Waals surface area contributed by atoms with Crippen molar-refractivity contribution in [3.05, 3.63) is 0 Å². The molecule has 0 aliphatic rings. The summed E-state index contributed by atoms with van der Waals surface area (Å²) in [5.74, 6) is 0. The standard InChI is InChI=1S/C3HN5S2/c9-3-4-1-2(10-3)6-8-7-5-1/h(H,4,5,8,9). The molecule has 2 aromatic rings. The van der Waals surface area contributed by atoms with Crippen molar-refractivity contribution in [3.63, 3.8) is 0 Å². The molecule has 0 unspecified atom stereocenters. The maximum atomic E-state index is 4.01. The fourth-order valence-electron chi connectivity index (χ4n) is 0.547. The fourth-order valence-corrected chi connectivity index (χ4v) is 1.46. The van der Waals surface area contributed by atoms with Gasteiger partial charge in [0.1, 0.15) is 0 Å². The Labute approximate surface area is 64.9 Å². The van der Waals surface area contributed by atoms with Crippen LogP contribution >= 0.6 is 24.0 Å². The molecule has 0 saturated heterocycles. The second-order valence-corrected chi connectivity index (χ2v) is 3.21. The summed E-state index contributed by atoms with van der Waals surface area (Å²) in [6.07, 6.45) is 0. The van der Waals surface area contributed by atoms with E-state index in [1.807, 2.05) is 0 Å². The van der Waals surface area contributed by atoms with Gasteiger partial charge in [0.25, 0.3) is 0 Å². The van der Waals surface area contributed by atoms with Crippen LogP contribution in [0.4, 0.5) is 0 Å². The lowest BCUT2D eigenvalue weighted by molar-refractivity contribution is 0.794. The maximum absolute atomic E-state index is 4.01. The minimum Gasteiger partial charge on any atom is -0.207 e. The summed E-state index contributed by atoms with van der Waals surface area (Å²) in [6, 6.07) is 0. The second-order valence-electron chi connectivity index (χ2n) is 1.50. The van der Waals surface area contributed by atoms with Gasteiger partial charge in [0, 0.05) is 0 Å². The highest BCUT2D eigenvalue weighted by Gasteiger charge is 2.01. The summed E-state index contributed by atoms with van der Waals surface area (Å²) in [6.45, 7) is 0. The zero-order valence-electron chi connectivity index (χ0n) is 4.59. The number of fused-ring (bicyclic) bond motifs is 1. The van der Waals surface area contributed by atoms with Crippen LogP contribution in [0.2, 0.25) is 0 Å². The highest BCUT2D eigenvalue weighted by atomic mass is 32.2. The average molecular weight is 171 g/mol. The van der Waals surface area contributed by atoms with Crippen LogP contribution in [0.3, 0.4) is 0 Å². The third kappa shape index (κ3) is 0.830. The Bertz CT molecular complexity index is 323. The summed E-state index contributed by atoms with van der Waals surface area (Å²) in [5, 5.41) is 14.0. The largest absolute Gasteiger partial charge is 0.216 e. The van der Waals surface area contributed by atoms with Crippen LogP contribution in [0.1, 0.15) is 0 Å². The van der Waals surface area contributed by atoms with Gasteiger partial charge in [0.05, 0.1) is 0 Å². The van der Waals surface area contributed by atoms with E-state index in [4.69, 9.17) is 0 Å². The van der Waals surface area contributed by atoms with E-state index < -0.39 is 0 Å². The van der Waals surface area contributed by atoms with Gasteiger partial charge >= 0.3 is 0 Å². The van der Waals surface area contributed by atoms with Crippen molar-refractivity contribution in [1.82, 2.24) is 25.6 Å². The Morgan fingerprint density at radius 3 is 2.80 bits per heavy atom. The van der Waals surface area contributed by atoms with Gasteiger partial charge in [-0.25, -0.2) is 4.98 Å². The summed E-state index contributed by atoms with van der Waals surface area (Å²) < 4.78 is 0.629. The minimum absolute atomic E-state index is 0.505. The van der Waals surface area contributed by atoms with Gasteiger partial charge in [-0.2, -0.15) is 0 Å². The molecule has 0 amide bonds. The molecule has 0 fully saturated rings. The highest BCUT2D eigenvalue weighted by Crippen LogP contribution is 2.18. The normalized spacial score (nSPS) is 10.5. The Kier molecular flexibility index (Phi) is 1.24. The summed E-state index contributed by atoms with van der Waals surface area (Å²) in [4.78, 5) is 4.59. The molecule has 0 N–H and O–H groups in total. The SMILES string of the molecule is Sc1nc2nnnnc2s1. The first-order valence-corrected chi connectivity index (χ1v) is 3.64. The smallest absolute Gasteiger partial charge is 0.207 e. The summed E-state index contributed by atoms with van der Waals surface area (Å²) >= 11 is 5.34. The van der Waals surface area contributed by atoms with Gasteiger partial charge in [0.2, 0.25) is 5.65 Å². The average Bonchev–Trinajstić information content (AvgIpc) is 2.27. The molecule has 0 spiro atoms. The third-order valence-corrected chi connectivity index (χ3v) is 2.00. The van der Waals surface area contributed by atoms with Crippen molar-refractivity contribution in [2.24, 2.45) is 0 Å². The molecule has 10 heavy (non-hydrogen) atoms. The van der Waals surface area contributed by atoms with Crippen LogP contribution < -0.4 is 0 Å². The number of hydrogen-bond acceptors (Lipinski definition) is 7. The molecule has 0 aromatic carbocycles. The van der Waals surface area contributed by atoms with Gasteiger partial charge in [-0.15, -0.1) is 22.8 Å². The van der Waals surface area contributed by atoms with Crippen LogP contribution in [0.5, 0.6) is 0 Å². The third-order valence-electron chi connectivity index (χ3n) is 0.896. The predicted molar refractivity (Wildman–Crippen MR) is 38.1 cm³/mol. The molecule has 0 bridgehead atoms. The Morgan fingerprint density at radius 1 is 1.20 bits per heavy atom. The molecule has 2 rings (SSSR count). The van der Waals surface area contributed by atoms with E-state index in [1.165, 1.54) is 11.3 Å². The molecule has 0 saturated carbocycles. The first kappa shape index (κ1) is 5.93. The lowest BCUT2D eigenvalue weighted by atomic mass is 10.8. The highest BCUT2D eigenvalue weighted by molar-refractivity contribution is 7.82. The number of rotatable bonds is 0. The van der Waals surface area contributed by atoms with E-state index in [2.05, 4.69) is 38.2 Å². The Morgan fingerprint density at radius 2 is 2.00 bits per heavy atom. The summed E-state index contributed by atoms with van der Waals surface area (Å²) in [5.41, 5.74) is 0.505. The minimum atomic E-state index is 0.505. The van der Waals surface area contributed by atoms with Crippen molar-refractivity contribution in [2.75, 3.05) is 0 Å². The summed E-state index contributed by atoms with van der Waals surface area (Å²) in [7, 11) is 0. The molecule has 7 heteroatoms. The fraction of sp³-hybridized carbons (Fsp3) is 0. The van der Waals surface area contributed by atoms with E-state index >= 15 is 0 Å². The zero-order chi connectivity index (χ0) is 6.97. The van der Waals surface area contributed by atoms with E-state index in [0.717, 1.165) is 0 Å². The monoisotopic (exact) mass is 171 g/mol. The van der Waals surface area contributed by atoms with Crippen LogP contribution in [-0.4, -0.2) is 25.6 Å². The first-order chi connectivity index (χ1) is 4.86. The van der Waals surface area contributed by atoms with Crippen LogP contribution in [0.15, 0.2) is 4.34 Å². The Balaban J connectivity index is 2.88. The lowest BCUT2D eigenvalue weighted by Crippen LogP contribution is -1.89. The molecule has 0 atom stereocenters. The van der Waals surface area contributed by atoms with Gasteiger partial charge in [0.15, 0.2) is 9.17 Å². The molecule has 0 radical (unpaired) electrons. The van der Waals surface area contributed by atoms with Crippen LogP contribution in [0.25, 0.3) is 10.5 Å². The number of nitrogens with zero attached hydrogens (tertiary/aromatic N) is 5. The van der Waals surface area contributed by atoms with Crippen molar-refractivity contribution in [2.45, 2.75) is 4.34 Å². The van der Waals surface area contributed by atoms with Crippen molar-refractivity contribution >= 4 is 34.4 Å². The molecule has 5 nitrogen and oxygen atoms in total. The first-order valence-electron chi connectivity index (χ1n) is 2.38. The van der Waals surface area contributed by atoms with E-state index in [9.17, 15) is 0 Å². The van der Waals surface area contributed by atoms with Gasteiger partial charge in [-0.05, 0) is 10.4 Å². The quantitative estimate of drug-likeness (QED) is 0.572. The van der Waals surface area contributed by atoms with Crippen molar-refractivity contribution in [1.29, 1.82) is 0 Å². The van der Waals surface area contributed by atoms with Crippen LogP contribution in [0, 0.1) is 0 Å². The van der Waals surface area contributed by atoms with Crippen molar-refractivity contribution < 1.29 is 0 Å². The van der Waals surface area contributed by atoms with Gasteiger partial charge in [-0.1, -0.05) is 11.3 Å². The second kappa shape index (κ2) is 2.10. The van der Waals surface area contributed by atoms with Crippen LogP contribution in [-0.2, 0) is 0 Å². The maximum Gasteiger partial charge on any atom is 0.216 e. The molecular weight excluding hydrogens is 170 g/mol. The number of thiol groups is 1. The number of thiazole rings is 1. The van der Waals surface area contributed by atoms with E-state index in [-0.39, 0.29) is 0 Å². The lowest BCUT2D eigenvalue weighted by Gasteiger charge is -1.75. The molecular formula is C3HN5S2. The number of hydrogen-bond donors (Lipinski definition) is 1. The Hall–Kier alpha value is -0.820. The van der Waals surface area contributed by atoms with Crippen molar-refractivity contribution in [3.8, 4) is 0 Å². The molecule has 2 heterocycles. The van der Waals surface area contributed by atoms with Gasteiger partial charge in [-0.3, -0.25) is 0 Å². The topological polar surface area (TPSA) is 64.5 Å². The predicted octanol–water partition coefficient (Wildman–Crippen LogP) is 0.165. The molecule has 0 aliphatic carbocycles. The molecule has 0 aliphatic heterocycles. The van der Waals surface area contributed by atoms with E-state index in [1.54, 1.807) is 0 Å². The van der Waals surface area contributed by atoms with E-state index in [0.29, 0.717) is 14.8 Å². The zero-order valence-corrected chi connectivity index (χ0v) is 6.30. The number of aromatic nitrogens is 5.